The first-order valence-corrected chi connectivity index (χ1v) is 4.38. The number of nitrogens with zero attached hydrogens (tertiary/aromatic N) is 1. The molecule has 0 rings (SSSR count). The van der Waals surface area contributed by atoms with E-state index in [0.29, 0.717) is 4.90 Å². The molecule has 0 aliphatic heterocycles. The second kappa shape index (κ2) is 4.96. The van der Waals surface area contributed by atoms with Crippen molar-refractivity contribution >= 4 is 11.4 Å². The first-order chi connectivity index (χ1) is 5.73. The summed E-state index contributed by atoms with van der Waals surface area (Å²) in [6.45, 7) is 1.25. The Morgan fingerprint density at radius 3 is 2.38 bits per heavy atom. The van der Waals surface area contributed by atoms with Crippen LogP contribution in [-0.2, 0) is 15.5 Å². The zero-order valence-electron chi connectivity index (χ0n) is 7.21. The topological polar surface area (TPSA) is 113 Å². The second-order valence-electron chi connectivity index (χ2n) is 2.59. The summed E-state index contributed by atoms with van der Waals surface area (Å²) < 4.78 is 24.3. The van der Waals surface area contributed by atoms with E-state index < -0.39 is 23.6 Å². The van der Waals surface area contributed by atoms with Crippen LogP contribution in [0.5, 0.6) is 0 Å². The average molecular weight is 214 g/mol. The smallest absolute Gasteiger partial charge is 0.345 e. The van der Waals surface area contributed by atoms with E-state index in [0.717, 1.165) is 0 Å². The highest BCUT2D eigenvalue weighted by molar-refractivity contribution is 7.74. The molecule has 0 aromatic rings. The Balaban J connectivity index is 3.92. The summed E-state index contributed by atoms with van der Waals surface area (Å²) in [5.41, 5.74) is 0. The summed E-state index contributed by atoms with van der Waals surface area (Å²) in [6, 6.07) is 0. The molecule has 13 heavy (non-hydrogen) atoms. The van der Waals surface area contributed by atoms with Crippen LogP contribution in [0.2, 0.25) is 0 Å². The fraction of sp³-hybridized carbons (Fsp3) is 1.00. The van der Waals surface area contributed by atoms with E-state index >= 15 is 0 Å². The number of hydrogen-bond donors (Lipinski definition) is 3. The third-order valence-corrected chi connectivity index (χ3v) is 1.77. The standard InChI is InChI=1S/C5H13NO6S/c1-4(12-13(10)11)3-6(2)5(7,8)9/h4,7-9H,3H2,1-2H3,(H,10,11)/p-1. The average Bonchev–Trinajstić information content (AvgIpc) is 1.82. The molecule has 0 radical (unpaired) electrons. The van der Waals surface area contributed by atoms with Gasteiger partial charge in [0.1, 0.15) is 0 Å². The summed E-state index contributed by atoms with van der Waals surface area (Å²) in [6.07, 6.45) is -3.75. The molecule has 0 aromatic heterocycles. The highest BCUT2D eigenvalue weighted by atomic mass is 32.2. The lowest BCUT2D eigenvalue weighted by atomic mass is 10.4. The molecule has 0 amide bonds. The van der Waals surface area contributed by atoms with Gasteiger partial charge in [0, 0.05) is 6.54 Å². The van der Waals surface area contributed by atoms with Crippen molar-refractivity contribution in [1.82, 2.24) is 4.90 Å². The van der Waals surface area contributed by atoms with Crippen LogP contribution in [0.25, 0.3) is 0 Å². The lowest BCUT2D eigenvalue weighted by Crippen LogP contribution is -2.49. The Hall–Kier alpha value is -0.0900. The molecule has 2 unspecified atom stereocenters. The summed E-state index contributed by atoms with van der Waals surface area (Å²) in [4.78, 5) is 0.713. The van der Waals surface area contributed by atoms with Crippen LogP contribution in [0.1, 0.15) is 6.92 Å². The van der Waals surface area contributed by atoms with Crippen LogP contribution in [-0.4, -0.2) is 54.8 Å². The zero-order valence-corrected chi connectivity index (χ0v) is 8.02. The molecule has 3 N–H and O–H groups in total. The van der Waals surface area contributed by atoms with Crippen LogP contribution in [0.4, 0.5) is 0 Å². The first kappa shape index (κ1) is 12.9. The number of rotatable bonds is 5. The highest BCUT2D eigenvalue weighted by Gasteiger charge is 2.26. The van der Waals surface area contributed by atoms with Gasteiger partial charge in [0.2, 0.25) is 0 Å². The van der Waals surface area contributed by atoms with E-state index in [1.165, 1.54) is 14.0 Å². The predicted octanol–water partition coefficient (Wildman–Crippen LogP) is -2.29. The van der Waals surface area contributed by atoms with Crippen molar-refractivity contribution < 1.29 is 28.3 Å². The zero-order chi connectivity index (χ0) is 10.6. The fourth-order valence-corrected chi connectivity index (χ4v) is 1.00. The van der Waals surface area contributed by atoms with Crippen LogP contribution in [0.15, 0.2) is 0 Å². The molecular weight excluding hydrogens is 202 g/mol. The van der Waals surface area contributed by atoms with E-state index in [-0.39, 0.29) is 6.54 Å². The molecule has 0 bridgehead atoms. The fourth-order valence-electron chi connectivity index (χ4n) is 0.673. The van der Waals surface area contributed by atoms with Crippen molar-refractivity contribution in [1.29, 1.82) is 0 Å². The summed E-state index contributed by atoms with van der Waals surface area (Å²) in [5, 5.41) is 25.8. The Kier molecular flexibility index (Phi) is 4.92. The van der Waals surface area contributed by atoms with Gasteiger partial charge in [0.05, 0.1) is 17.5 Å². The van der Waals surface area contributed by atoms with Crippen molar-refractivity contribution in [2.45, 2.75) is 19.1 Å². The van der Waals surface area contributed by atoms with Gasteiger partial charge in [-0.2, -0.15) is 0 Å². The Morgan fingerprint density at radius 2 is 2.08 bits per heavy atom. The van der Waals surface area contributed by atoms with Gasteiger partial charge in [-0.3, -0.25) is 4.18 Å². The van der Waals surface area contributed by atoms with Gasteiger partial charge in [0.15, 0.2) is 0 Å². The molecule has 0 saturated carbocycles. The molecule has 0 aliphatic rings. The van der Waals surface area contributed by atoms with Crippen LogP contribution >= 0.6 is 0 Å². The van der Waals surface area contributed by atoms with Crippen LogP contribution in [0, 0.1) is 0 Å². The molecule has 7 nitrogen and oxygen atoms in total. The van der Waals surface area contributed by atoms with Crippen molar-refractivity contribution in [3.8, 4) is 0 Å². The number of likely N-dealkylation sites (N-methyl/N-ethyl adjacent to an activating group) is 1. The molecule has 0 spiro atoms. The molecule has 0 aliphatic carbocycles. The maximum atomic E-state index is 10.0. The first-order valence-electron chi connectivity index (χ1n) is 3.38. The SMILES string of the molecule is CC(CN(C)C(O)(O)O)OS(=O)[O-]. The minimum atomic E-state index is -2.97. The van der Waals surface area contributed by atoms with Crippen LogP contribution < -0.4 is 0 Å². The predicted molar refractivity (Wildman–Crippen MR) is 41.5 cm³/mol. The van der Waals surface area contributed by atoms with Gasteiger partial charge in [-0.1, -0.05) is 0 Å². The lowest BCUT2D eigenvalue weighted by molar-refractivity contribution is -0.389. The van der Waals surface area contributed by atoms with Gasteiger partial charge >= 0.3 is 6.10 Å². The Labute approximate surface area is 78.0 Å². The minimum Gasteiger partial charge on any atom is -0.750 e. The monoisotopic (exact) mass is 214 g/mol. The Morgan fingerprint density at radius 1 is 1.62 bits per heavy atom. The van der Waals surface area contributed by atoms with E-state index in [1.54, 1.807) is 0 Å². The van der Waals surface area contributed by atoms with Crippen molar-refractivity contribution in [2.75, 3.05) is 13.6 Å². The minimum absolute atomic E-state index is 0.155. The van der Waals surface area contributed by atoms with Crippen LogP contribution in [0.3, 0.4) is 0 Å². The molecule has 8 heteroatoms. The molecule has 2 atom stereocenters. The van der Waals surface area contributed by atoms with E-state index in [4.69, 9.17) is 15.3 Å². The van der Waals surface area contributed by atoms with Gasteiger partial charge in [-0.25, -0.2) is 9.11 Å². The molecular formula is C5H12NO6S-. The molecule has 0 saturated heterocycles. The van der Waals surface area contributed by atoms with Gasteiger partial charge < -0.3 is 19.9 Å². The van der Waals surface area contributed by atoms with E-state index in [9.17, 15) is 8.76 Å². The van der Waals surface area contributed by atoms with E-state index in [1.807, 2.05) is 0 Å². The maximum Gasteiger partial charge on any atom is 0.345 e. The van der Waals surface area contributed by atoms with E-state index in [2.05, 4.69) is 4.18 Å². The lowest BCUT2D eigenvalue weighted by Gasteiger charge is -2.28. The van der Waals surface area contributed by atoms with Crippen molar-refractivity contribution in [3.63, 3.8) is 0 Å². The van der Waals surface area contributed by atoms with Gasteiger partial charge in [-0.05, 0) is 14.0 Å². The quantitative estimate of drug-likeness (QED) is 0.348. The van der Waals surface area contributed by atoms with Crippen molar-refractivity contribution in [2.24, 2.45) is 0 Å². The maximum absolute atomic E-state index is 10.0. The summed E-state index contributed by atoms with van der Waals surface area (Å²) in [7, 11) is 1.19. The molecule has 80 valence electrons. The second-order valence-corrected chi connectivity index (χ2v) is 3.19. The molecule has 0 aromatic carbocycles. The Bertz CT molecular complexity index is 180. The largest absolute Gasteiger partial charge is 0.750 e. The summed E-state index contributed by atoms with van der Waals surface area (Å²) in [5.74, 6) is 0. The normalized spacial score (nSPS) is 17.5. The van der Waals surface area contributed by atoms with Gasteiger partial charge in [0.25, 0.3) is 0 Å². The summed E-state index contributed by atoms with van der Waals surface area (Å²) >= 11 is -2.66. The molecule has 0 heterocycles. The number of hydrogen-bond acceptors (Lipinski definition) is 7. The third-order valence-electron chi connectivity index (χ3n) is 1.29. The third kappa shape index (κ3) is 6.05. The molecule has 0 fully saturated rings. The van der Waals surface area contributed by atoms with Gasteiger partial charge in [-0.15, -0.1) is 0 Å². The highest BCUT2D eigenvalue weighted by Crippen LogP contribution is 2.03. The van der Waals surface area contributed by atoms with Crippen molar-refractivity contribution in [3.05, 3.63) is 0 Å². The number of aliphatic hydroxyl groups is 3.